The molecule has 1 aromatic carbocycles. The second-order valence-corrected chi connectivity index (χ2v) is 4.45. The minimum absolute atomic E-state index is 0.334. The van der Waals surface area contributed by atoms with E-state index in [1.165, 1.54) is 0 Å². The van der Waals surface area contributed by atoms with Gasteiger partial charge in [0.1, 0.15) is 6.04 Å². The molecule has 0 spiro atoms. The van der Waals surface area contributed by atoms with Crippen LogP contribution in [-0.2, 0) is 4.79 Å². The van der Waals surface area contributed by atoms with Gasteiger partial charge in [0.05, 0.1) is 0 Å². The van der Waals surface area contributed by atoms with E-state index < -0.39 is 12.0 Å². The van der Waals surface area contributed by atoms with Crippen molar-refractivity contribution in [3.8, 4) is 0 Å². The molecular formula is C14H19NO3. The number of hydrogen-bond donors (Lipinski definition) is 2. The number of carbonyl (C=O) groups excluding carboxylic acids is 1. The number of carbonyl (C=O) groups is 2. The Morgan fingerprint density at radius 3 is 2.44 bits per heavy atom. The predicted octanol–water partition coefficient (Wildman–Crippen LogP) is 2.29. The molecule has 0 bridgehead atoms. The van der Waals surface area contributed by atoms with Gasteiger partial charge in [-0.3, -0.25) is 4.79 Å². The molecular weight excluding hydrogens is 230 g/mol. The van der Waals surface area contributed by atoms with Gasteiger partial charge in [0.25, 0.3) is 5.91 Å². The Morgan fingerprint density at radius 2 is 1.94 bits per heavy atom. The van der Waals surface area contributed by atoms with Crippen molar-refractivity contribution in [2.75, 3.05) is 0 Å². The Labute approximate surface area is 107 Å². The van der Waals surface area contributed by atoms with Crippen molar-refractivity contribution in [1.82, 2.24) is 5.32 Å². The number of aliphatic carboxylic acids is 1. The van der Waals surface area contributed by atoms with Gasteiger partial charge >= 0.3 is 5.97 Å². The van der Waals surface area contributed by atoms with Crippen LogP contribution in [0.2, 0.25) is 0 Å². The van der Waals surface area contributed by atoms with E-state index in [-0.39, 0.29) is 5.91 Å². The van der Waals surface area contributed by atoms with Crippen molar-refractivity contribution in [3.05, 3.63) is 34.9 Å². The van der Waals surface area contributed by atoms with Crippen LogP contribution in [0.3, 0.4) is 0 Å². The highest BCUT2D eigenvalue weighted by atomic mass is 16.4. The van der Waals surface area contributed by atoms with E-state index in [4.69, 9.17) is 5.11 Å². The second kappa shape index (κ2) is 6.19. The molecule has 0 unspecified atom stereocenters. The van der Waals surface area contributed by atoms with E-state index in [2.05, 4.69) is 5.32 Å². The molecule has 4 nitrogen and oxygen atoms in total. The van der Waals surface area contributed by atoms with Gasteiger partial charge < -0.3 is 10.4 Å². The van der Waals surface area contributed by atoms with Crippen LogP contribution in [0.15, 0.2) is 18.2 Å². The maximum atomic E-state index is 11.9. The largest absolute Gasteiger partial charge is 0.480 e. The zero-order chi connectivity index (χ0) is 13.7. The van der Waals surface area contributed by atoms with Crippen LogP contribution < -0.4 is 5.32 Å². The molecule has 0 heterocycles. The summed E-state index contributed by atoms with van der Waals surface area (Å²) in [7, 11) is 0. The lowest BCUT2D eigenvalue weighted by Crippen LogP contribution is -2.40. The van der Waals surface area contributed by atoms with Crippen LogP contribution in [0.5, 0.6) is 0 Å². The Hall–Kier alpha value is -1.84. The number of benzene rings is 1. The summed E-state index contributed by atoms with van der Waals surface area (Å²) in [5.74, 6) is -1.33. The molecule has 0 aliphatic rings. The van der Waals surface area contributed by atoms with Crippen LogP contribution in [0, 0.1) is 13.8 Å². The lowest BCUT2D eigenvalue weighted by molar-refractivity contribution is -0.139. The van der Waals surface area contributed by atoms with Gasteiger partial charge in [-0.25, -0.2) is 4.79 Å². The van der Waals surface area contributed by atoms with Crippen LogP contribution >= 0.6 is 0 Å². The lowest BCUT2D eigenvalue weighted by atomic mass is 10.1. The Kier molecular flexibility index (Phi) is 4.89. The van der Waals surface area contributed by atoms with E-state index in [0.29, 0.717) is 18.4 Å². The fraction of sp³-hybridized carbons (Fsp3) is 0.429. The van der Waals surface area contributed by atoms with Crippen molar-refractivity contribution in [1.29, 1.82) is 0 Å². The zero-order valence-corrected chi connectivity index (χ0v) is 11.0. The normalized spacial score (nSPS) is 11.9. The molecule has 4 heteroatoms. The molecule has 2 N–H and O–H groups in total. The molecule has 0 aromatic heterocycles. The third-order valence-electron chi connectivity index (χ3n) is 2.95. The van der Waals surface area contributed by atoms with E-state index in [9.17, 15) is 9.59 Å². The quantitative estimate of drug-likeness (QED) is 0.841. The summed E-state index contributed by atoms with van der Waals surface area (Å²) in [5.41, 5.74) is 2.63. The third-order valence-corrected chi connectivity index (χ3v) is 2.95. The highest BCUT2D eigenvalue weighted by Gasteiger charge is 2.19. The number of hydrogen-bond acceptors (Lipinski definition) is 2. The lowest BCUT2D eigenvalue weighted by Gasteiger charge is -2.14. The van der Waals surface area contributed by atoms with Gasteiger partial charge in [-0.1, -0.05) is 19.4 Å². The summed E-state index contributed by atoms with van der Waals surface area (Å²) >= 11 is 0. The molecule has 0 aliphatic carbocycles. The van der Waals surface area contributed by atoms with Gasteiger partial charge in [0.2, 0.25) is 0 Å². The molecule has 1 rings (SSSR count). The molecule has 0 fully saturated rings. The first-order valence-corrected chi connectivity index (χ1v) is 6.06. The first-order valence-electron chi connectivity index (χ1n) is 6.06. The van der Waals surface area contributed by atoms with Crippen molar-refractivity contribution < 1.29 is 14.7 Å². The SMILES string of the molecule is CCC[C@H](NC(=O)c1ccc(C)c(C)c1)C(=O)O. The maximum absolute atomic E-state index is 11.9. The summed E-state index contributed by atoms with van der Waals surface area (Å²) in [5, 5.41) is 11.5. The maximum Gasteiger partial charge on any atom is 0.326 e. The van der Waals surface area contributed by atoms with Gasteiger partial charge in [-0.15, -0.1) is 0 Å². The second-order valence-electron chi connectivity index (χ2n) is 4.45. The van der Waals surface area contributed by atoms with Gasteiger partial charge in [-0.2, -0.15) is 0 Å². The highest BCUT2D eigenvalue weighted by molar-refractivity contribution is 5.96. The van der Waals surface area contributed by atoms with Crippen LogP contribution in [0.1, 0.15) is 41.3 Å². The van der Waals surface area contributed by atoms with Crippen molar-refractivity contribution in [3.63, 3.8) is 0 Å². The predicted molar refractivity (Wildman–Crippen MR) is 69.7 cm³/mol. The summed E-state index contributed by atoms with van der Waals surface area (Å²) in [6.45, 7) is 5.78. The van der Waals surface area contributed by atoms with E-state index in [1.807, 2.05) is 26.8 Å². The minimum Gasteiger partial charge on any atom is -0.480 e. The molecule has 0 radical (unpaired) electrons. The van der Waals surface area contributed by atoms with Gasteiger partial charge in [-0.05, 0) is 43.5 Å². The molecule has 1 atom stereocenters. The number of amides is 1. The first-order chi connectivity index (χ1) is 8.45. The Morgan fingerprint density at radius 1 is 1.28 bits per heavy atom. The van der Waals surface area contributed by atoms with Crippen LogP contribution in [0.25, 0.3) is 0 Å². The average molecular weight is 249 g/mol. The molecule has 1 amide bonds. The number of rotatable bonds is 5. The summed E-state index contributed by atoms with van der Waals surface area (Å²) in [4.78, 5) is 22.9. The molecule has 0 saturated carbocycles. The fourth-order valence-electron chi connectivity index (χ4n) is 1.67. The van der Waals surface area contributed by atoms with Crippen molar-refractivity contribution >= 4 is 11.9 Å². The van der Waals surface area contributed by atoms with E-state index >= 15 is 0 Å². The fourth-order valence-corrected chi connectivity index (χ4v) is 1.67. The average Bonchev–Trinajstić information content (AvgIpc) is 2.31. The topological polar surface area (TPSA) is 66.4 Å². The highest BCUT2D eigenvalue weighted by Crippen LogP contribution is 2.10. The number of aryl methyl sites for hydroxylation is 2. The van der Waals surface area contributed by atoms with Crippen LogP contribution in [-0.4, -0.2) is 23.0 Å². The zero-order valence-electron chi connectivity index (χ0n) is 11.0. The van der Waals surface area contributed by atoms with E-state index in [1.54, 1.807) is 12.1 Å². The molecule has 1 aromatic rings. The molecule has 0 aliphatic heterocycles. The standard InChI is InChI=1S/C14H19NO3/c1-4-5-12(14(17)18)15-13(16)11-7-6-9(2)10(3)8-11/h6-8,12H,4-5H2,1-3H3,(H,15,16)(H,17,18)/t12-/m0/s1. The molecule has 0 saturated heterocycles. The van der Waals surface area contributed by atoms with Gasteiger partial charge in [0.15, 0.2) is 0 Å². The third kappa shape index (κ3) is 3.58. The molecule has 18 heavy (non-hydrogen) atoms. The minimum atomic E-state index is -0.992. The van der Waals surface area contributed by atoms with Gasteiger partial charge in [0, 0.05) is 5.56 Å². The Balaban J connectivity index is 2.80. The monoisotopic (exact) mass is 249 g/mol. The number of carboxylic acids is 1. The number of carboxylic acid groups (broad SMARTS) is 1. The number of nitrogens with one attached hydrogen (secondary N) is 1. The van der Waals surface area contributed by atoms with Crippen molar-refractivity contribution in [2.24, 2.45) is 0 Å². The van der Waals surface area contributed by atoms with Crippen LogP contribution in [0.4, 0.5) is 0 Å². The Bertz CT molecular complexity index is 454. The van der Waals surface area contributed by atoms with E-state index in [0.717, 1.165) is 11.1 Å². The molecule has 98 valence electrons. The smallest absolute Gasteiger partial charge is 0.326 e. The first kappa shape index (κ1) is 14.2. The van der Waals surface area contributed by atoms with Crippen molar-refractivity contribution in [2.45, 2.75) is 39.7 Å². The summed E-state index contributed by atoms with van der Waals surface area (Å²) in [6.07, 6.45) is 1.15. The summed E-state index contributed by atoms with van der Waals surface area (Å²) < 4.78 is 0. The summed E-state index contributed by atoms with van der Waals surface area (Å²) in [6, 6.07) is 4.53.